The van der Waals surface area contributed by atoms with Gasteiger partial charge in [0, 0.05) is 4.57 Å². The lowest BCUT2D eigenvalue weighted by Gasteiger charge is -2.11. The van der Waals surface area contributed by atoms with Crippen LogP contribution in [0.25, 0.3) is 0 Å². The van der Waals surface area contributed by atoms with Crippen LogP contribution in [0.3, 0.4) is 0 Å². The van der Waals surface area contributed by atoms with Crippen molar-refractivity contribution in [3.63, 3.8) is 0 Å². The third-order valence-electron chi connectivity index (χ3n) is 0.708. The first-order valence-electron chi connectivity index (χ1n) is 3.84. The lowest BCUT2D eigenvalue weighted by molar-refractivity contribution is 0.186. The van der Waals surface area contributed by atoms with Gasteiger partial charge in [0.15, 0.2) is 0 Å². The molecule has 5 nitrogen and oxygen atoms in total. The van der Waals surface area contributed by atoms with Gasteiger partial charge < -0.3 is 10.2 Å². The second kappa shape index (κ2) is 8.53. The van der Waals surface area contributed by atoms with Crippen LogP contribution in [0.1, 0.15) is 20.8 Å². The van der Waals surface area contributed by atoms with Crippen LogP contribution in [0.4, 0.5) is 0 Å². The Kier molecular flexibility index (Phi) is 10.1. The fourth-order valence-electron chi connectivity index (χ4n) is 0.249. The van der Waals surface area contributed by atoms with E-state index in [4.69, 9.17) is 15.1 Å². The van der Waals surface area contributed by atoms with Crippen molar-refractivity contribution in [3.8, 4) is 0 Å². The molecule has 0 aliphatic heterocycles. The first-order valence-corrected chi connectivity index (χ1v) is 4.97. The van der Waals surface area contributed by atoms with Crippen LogP contribution in [0.15, 0.2) is 0 Å². The van der Waals surface area contributed by atoms with Gasteiger partial charge in [-0.1, -0.05) is 20.8 Å². The molecule has 0 radical (unpaired) electrons. The predicted octanol–water partition coefficient (Wildman–Crippen LogP) is 0.670. The van der Waals surface area contributed by atoms with Crippen molar-refractivity contribution in [2.24, 2.45) is 5.41 Å². The fraction of sp³-hybridized carbons (Fsp3) is 1.00. The molecule has 0 aliphatic rings. The van der Waals surface area contributed by atoms with Crippen LogP contribution >= 0.6 is 8.25 Å². The fourth-order valence-corrected chi connectivity index (χ4v) is 0.747. The first kappa shape index (κ1) is 15.4. The Morgan fingerprint density at radius 3 is 1.69 bits per heavy atom. The van der Waals surface area contributed by atoms with Gasteiger partial charge >= 0.3 is 8.25 Å². The quantitative estimate of drug-likeness (QED) is 0.600. The molecule has 3 N–H and O–H groups in total. The molecule has 6 heteroatoms. The molecule has 0 fully saturated rings. The second-order valence-electron chi connectivity index (χ2n) is 3.52. The van der Waals surface area contributed by atoms with Gasteiger partial charge in [-0.25, -0.2) is 0 Å². The zero-order valence-electron chi connectivity index (χ0n) is 8.23. The molecule has 0 rings (SSSR count). The number of hydrogen-bond acceptors (Lipinski definition) is 4. The van der Waals surface area contributed by atoms with E-state index in [0.717, 1.165) is 0 Å². The lowest BCUT2D eigenvalue weighted by atomic mass is 9.99. The minimum absolute atomic E-state index is 0.0340. The Bertz CT molecular complexity index is 129. The van der Waals surface area contributed by atoms with Crippen LogP contribution in [0.5, 0.6) is 0 Å². The van der Waals surface area contributed by atoms with Gasteiger partial charge in [-0.15, -0.1) is 9.42 Å². The number of hydrogen-bond donors (Lipinski definition) is 3. The van der Waals surface area contributed by atoms with Crippen molar-refractivity contribution in [1.82, 2.24) is 0 Å². The zero-order valence-corrected chi connectivity index (χ0v) is 9.12. The van der Waals surface area contributed by atoms with Gasteiger partial charge in [0.1, 0.15) is 6.61 Å². The summed E-state index contributed by atoms with van der Waals surface area (Å²) in [6.07, 6.45) is 0. The molecule has 1 atom stereocenters. The molecule has 80 valence electrons. The molecule has 0 aromatic heterocycles. The highest BCUT2D eigenvalue weighted by Gasteiger charge is 2.19. The maximum Gasteiger partial charge on any atom is 0.694 e. The molecule has 0 heterocycles. The minimum Gasteiger partial charge on any atom is -0.394 e. The molecule has 0 aromatic rings. The molecule has 0 saturated carbocycles. The third kappa shape index (κ3) is 24.5. The predicted molar refractivity (Wildman–Crippen MR) is 49.4 cm³/mol. The summed E-state index contributed by atoms with van der Waals surface area (Å²) in [7, 11) is -2.41. The molecular formula is C7H18O5P+. The summed E-state index contributed by atoms with van der Waals surface area (Å²) in [5.41, 5.74) is -0.0340. The van der Waals surface area contributed by atoms with Gasteiger partial charge in [-0.2, -0.15) is 0 Å². The van der Waals surface area contributed by atoms with Gasteiger partial charge in [0.2, 0.25) is 0 Å². The van der Waals surface area contributed by atoms with Crippen molar-refractivity contribution in [2.45, 2.75) is 20.8 Å². The van der Waals surface area contributed by atoms with E-state index in [1.54, 1.807) is 0 Å². The van der Waals surface area contributed by atoms with Crippen LogP contribution < -0.4 is 0 Å². The monoisotopic (exact) mass is 213 g/mol. The summed E-state index contributed by atoms with van der Waals surface area (Å²) in [6, 6.07) is 0. The van der Waals surface area contributed by atoms with Crippen molar-refractivity contribution in [1.29, 1.82) is 0 Å². The molecule has 1 unspecified atom stereocenters. The van der Waals surface area contributed by atoms with Crippen molar-refractivity contribution >= 4 is 8.25 Å². The average Bonchev–Trinajstić information content (AvgIpc) is 2.00. The zero-order chi connectivity index (χ0) is 10.9. The van der Waals surface area contributed by atoms with Crippen LogP contribution in [-0.2, 0) is 9.09 Å². The summed E-state index contributed by atoms with van der Waals surface area (Å²) < 4.78 is 14.4. The van der Waals surface area contributed by atoms with E-state index in [-0.39, 0.29) is 18.6 Å². The maximum atomic E-state index is 9.97. The number of aliphatic hydroxyl groups is 2. The van der Waals surface area contributed by atoms with E-state index < -0.39 is 8.25 Å². The standard InChI is InChI=1S/C5H11O3P.C2H6O2/c1-5(2,3)4-8-9(6)7;3-1-2-4/h4H2,1-3H3;3-4H,1-2H2/p+1. The SMILES string of the molecule is CC(C)(C)CO[P+](=O)O.OCCO. The van der Waals surface area contributed by atoms with Crippen molar-refractivity contribution in [3.05, 3.63) is 0 Å². The largest absolute Gasteiger partial charge is 0.694 e. The first-order chi connectivity index (χ1) is 5.83. The molecular weight excluding hydrogens is 195 g/mol. The summed E-state index contributed by atoms with van der Waals surface area (Å²) in [5.74, 6) is 0. The maximum absolute atomic E-state index is 9.97. The van der Waals surface area contributed by atoms with Gasteiger partial charge in [-0.05, 0) is 5.41 Å². The van der Waals surface area contributed by atoms with E-state index in [9.17, 15) is 4.57 Å². The Balaban J connectivity index is 0. The van der Waals surface area contributed by atoms with Crippen molar-refractivity contribution < 1.29 is 24.2 Å². The molecule has 0 bridgehead atoms. The lowest BCUT2D eigenvalue weighted by Crippen LogP contribution is -2.11. The Labute approximate surface area is 79.3 Å². The highest BCUT2D eigenvalue weighted by atomic mass is 31.1. The van der Waals surface area contributed by atoms with Crippen LogP contribution in [0.2, 0.25) is 0 Å². The topological polar surface area (TPSA) is 87.0 Å². The summed E-state index contributed by atoms with van der Waals surface area (Å²) in [6.45, 7) is 5.88. The van der Waals surface area contributed by atoms with Crippen molar-refractivity contribution in [2.75, 3.05) is 19.8 Å². The van der Waals surface area contributed by atoms with E-state index >= 15 is 0 Å². The van der Waals surface area contributed by atoms with Crippen LogP contribution in [-0.4, -0.2) is 34.9 Å². The molecule has 0 amide bonds. The number of aliphatic hydroxyl groups excluding tert-OH is 2. The van der Waals surface area contributed by atoms with Gasteiger partial charge in [-0.3, -0.25) is 0 Å². The highest BCUT2D eigenvalue weighted by molar-refractivity contribution is 7.32. The van der Waals surface area contributed by atoms with E-state index in [0.29, 0.717) is 6.61 Å². The highest BCUT2D eigenvalue weighted by Crippen LogP contribution is 2.21. The van der Waals surface area contributed by atoms with Gasteiger partial charge in [0.05, 0.1) is 13.2 Å². The summed E-state index contributed by atoms with van der Waals surface area (Å²) in [5, 5.41) is 15.2. The van der Waals surface area contributed by atoms with Crippen LogP contribution in [0, 0.1) is 5.41 Å². The van der Waals surface area contributed by atoms with E-state index in [1.165, 1.54) is 0 Å². The summed E-state index contributed by atoms with van der Waals surface area (Å²) in [4.78, 5) is 8.20. The Hall–Kier alpha value is -0.0600. The molecule has 0 aliphatic carbocycles. The van der Waals surface area contributed by atoms with Gasteiger partial charge in [0.25, 0.3) is 0 Å². The molecule has 0 spiro atoms. The van der Waals surface area contributed by atoms with E-state index in [1.807, 2.05) is 20.8 Å². The second-order valence-corrected chi connectivity index (χ2v) is 4.25. The molecule has 0 aromatic carbocycles. The number of rotatable bonds is 3. The normalized spacial score (nSPS) is 11.7. The van der Waals surface area contributed by atoms with E-state index in [2.05, 4.69) is 4.52 Å². The Morgan fingerprint density at radius 2 is 1.62 bits per heavy atom. The average molecular weight is 213 g/mol. The molecule has 0 saturated heterocycles. The molecule has 13 heavy (non-hydrogen) atoms. The summed E-state index contributed by atoms with van der Waals surface area (Å²) >= 11 is 0. The minimum atomic E-state index is -2.41. The smallest absolute Gasteiger partial charge is 0.394 e. The Morgan fingerprint density at radius 1 is 1.23 bits per heavy atom. The third-order valence-corrected chi connectivity index (χ3v) is 1.06.